The summed E-state index contributed by atoms with van der Waals surface area (Å²) in [5.41, 5.74) is 1.16. The summed E-state index contributed by atoms with van der Waals surface area (Å²) in [4.78, 5) is 6.91. The molecule has 0 radical (unpaired) electrons. The first-order valence-electron chi connectivity index (χ1n) is 8.40. The molecule has 1 aliphatic carbocycles. The van der Waals surface area contributed by atoms with Gasteiger partial charge in [0.1, 0.15) is 5.82 Å². The summed E-state index contributed by atoms with van der Waals surface area (Å²) >= 11 is 0. The minimum Gasteiger partial charge on any atom is -0.381 e. The second kappa shape index (κ2) is 7.12. The lowest BCUT2D eigenvalue weighted by Gasteiger charge is -2.30. The van der Waals surface area contributed by atoms with E-state index in [4.69, 9.17) is 4.74 Å². The maximum atomic E-state index is 5.38. The van der Waals surface area contributed by atoms with Crippen molar-refractivity contribution in [1.29, 1.82) is 0 Å². The zero-order valence-corrected chi connectivity index (χ0v) is 13.1. The Kier molecular flexibility index (Phi) is 4.96. The van der Waals surface area contributed by atoms with E-state index >= 15 is 0 Å². The Morgan fingerprint density at radius 2 is 2.14 bits per heavy atom. The van der Waals surface area contributed by atoms with Crippen LogP contribution in [0.4, 0.5) is 11.5 Å². The summed E-state index contributed by atoms with van der Waals surface area (Å²) in [5.74, 6) is 1.97. The predicted molar refractivity (Wildman–Crippen MR) is 86.9 cm³/mol. The van der Waals surface area contributed by atoms with Crippen molar-refractivity contribution in [2.24, 2.45) is 5.92 Å². The van der Waals surface area contributed by atoms with Gasteiger partial charge in [-0.15, -0.1) is 0 Å². The number of aromatic nitrogens is 1. The van der Waals surface area contributed by atoms with Crippen LogP contribution in [-0.2, 0) is 4.74 Å². The van der Waals surface area contributed by atoms with Crippen LogP contribution in [-0.4, -0.2) is 37.3 Å². The van der Waals surface area contributed by atoms with Crippen LogP contribution in [0.25, 0.3) is 0 Å². The first kappa shape index (κ1) is 14.6. The van der Waals surface area contributed by atoms with E-state index in [1.165, 1.54) is 32.1 Å². The number of anilines is 2. The van der Waals surface area contributed by atoms with Crippen LogP contribution in [0.1, 0.15) is 39.0 Å². The van der Waals surface area contributed by atoms with Gasteiger partial charge in [-0.2, -0.15) is 0 Å². The highest BCUT2D eigenvalue weighted by molar-refractivity contribution is 5.49. The smallest absolute Gasteiger partial charge is 0.128 e. The SMILES string of the molecule is CCC1CCCC(Nc2ccc(N3CCOCC3)nc2)C1. The molecule has 1 aromatic heterocycles. The average Bonchev–Trinajstić information content (AvgIpc) is 2.56. The number of nitrogens with one attached hydrogen (secondary N) is 1. The molecule has 0 bridgehead atoms. The molecule has 2 unspecified atom stereocenters. The van der Waals surface area contributed by atoms with Crippen molar-refractivity contribution in [1.82, 2.24) is 4.98 Å². The van der Waals surface area contributed by atoms with Crippen molar-refractivity contribution in [3.8, 4) is 0 Å². The van der Waals surface area contributed by atoms with Gasteiger partial charge in [-0.1, -0.05) is 26.2 Å². The highest BCUT2D eigenvalue weighted by Gasteiger charge is 2.20. The molecule has 2 aliphatic rings. The van der Waals surface area contributed by atoms with Gasteiger partial charge in [0.15, 0.2) is 0 Å². The Bertz CT molecular complexity index is 428. The number of rotatable bonds is 4. The topological polar surface area (TPSA) is 37.4 Å². The Balaban J connectivity index is 1.56. The van der Waals surface area contributed by atoms with Gasteiger partial charge in [0.2, 0.25) is 0 Å². The van der Waals surface area contributed by atoms with Crippen molar-refractivity contribution in [2.75, 3.05) is 36.5 Å². The normalized spacial score (nSPS) is 26.6. The van der Waals surface area contributed by atoms with Gasteiger partial charge in [-0.25, -0.2) is 4.98 Å². The molecule has 2 atom stereocenters. The first-order chi connectivity index (χ1) is 10.3. The van der Waals surface area contributed by atoms with Crippen molar-refractivity contribution >= 4 is 11.5 Å². The van der Waals surface area contributed by atoms with Crippen molar-refractivity contribution in [2.45, 2.75) is 45.1 Å². The third-order valence-corrected chi connectivity index (χ3v) is 4.81. The maximum absolute atomic E-state index is 5.38. The highest BCUT2D eigenvalue weighted by Crippen LogP contribution is 2.28. The monoisotopic (exact) mass is 289 g/mol. The van der Waals surface area contributed by atoms with Crippen molar-refractivity contribution in [3.63, 3.8) is 0 Å². The Morgan fingerprint density at radius 1 is 1.29 bits per heavy atom. The van der Waals surface area contributed by atoms with E-state index in [2.05, 4.69) is 34.3 Å². The standard InChI is InChI=1S/C17H27N3O/c1-2-14-4-3-5-15(12-14)19-16-6-7-17(18-13-16)20-8-10-21-11-9-20/h6-7,13-15,19H,2-5,8-12H2,1H3. The van der Waals surface area contributed by atoms with Gasteiger partial charge in [-0.05, 0) is 30.9 Å². The number of pyridine rings is 1. The lowest BCUT2D eigenvalue weighted by molar-refractivity contribution is 0.122. The van der Waals surface area contributed by atoms with Crippen molar-refractivity contribution in [3.05, 3.63) is 18.3 Å². The highest BCUT2D eigenvalue weighted by atomic mass is 16.5. The van der Waals surface area contributed by atoms with E-state index in [-0.39, 0.29) is 0 Å². The van der Waals surface area contributed by atoms with Crippen LogP contribution >= 0.6 is 0 Å². The third kappa shape index (κ3) is 3.88. The molecule has 4 heteroatoms. The summed E-state index contributed by atoms with van der Waals surface area (Å²) in [6.45, 7) is 5.82. The Labute approximate surface area is 127 Å². The lowest BCUT2D eigenvalue weighted by atomic mass is 9.84. The molecule has 2 fully saturated rings. The molecule has 1 saturated heterocycles. The second-order valence-electron chi connectivity index (χ2n) is 6.29. The largest absolute Gasteiger partial charge is 0.381 e. The number of morpholine rings is 1. The van der Waals surface area contributed by atoms with Gasteiger partial charge >= 0.3 is 0 Å². The van der Waals surface area contributed by atoms with Crippen LogP contribution in [0.2, 0.25) is 0 Å². The fraction of sp³-hybridized carbons (Fsp3) is 0.706. The second-order valence-corrected chi connectivity index (χ2v) is 6.29. The molecule has 1 aromatic rings. The molecule has 4 nitrogen and oxygen atoms in total. The summed E-state index contributed by atoms with van der Waals surface area (Å²) in [7, 11) is 0. The van der Waals surface area contributed by atoms with Gasteiger partial charge in [0.25, 0.3) is 0 Å². The lowest BCUT2D eigenvalue weighted by Crippen LogP contribution is -2.36. The molecule has 1 saturated carbocycles. The van der Waals surface area contributed by atoms with Crippen LogP contribution in [0.15, 0.2) is 18.3 Å². The minimum atomic E-state index is 0.625. The van der Waals surface area contributed by atoms with E-state index in [0.29, 0.717) is 6.04 Å². The summed E-state index contributed by atoms with van der Waals surface area (Å²) in [6.07, 6.45) is 8.66. The molecule has 3 rings (SSSR count). The zero-order valence-electron chi connectivity index (χ0n) is 13.1. The van der Waals surface area contributed by atoms with Gasteiger partial charge in [0, 0.05) is 19.1 Å². The number of ether oxygens (including phenoxy) is 1. The molecular weight excluding hydrogens is 262 g/mol. The number of nitrogens with zero attached hydrogens (tertiary/aromatic N) is 2. The van der Waals surface area contributed by atoms with E-state index in [1.54, 1.807) is 0 Å². The first-order valence-corrected chi connectivity index (χ1v) is 8.40. The average molecular weight is 289 g/mol. The molecule has 1 N–H and O–H groups in total. The fourth-order valence-electron chi connectivity index (χ4n) is 3.48. The molecule has 116 valence electrons. The molecule has 21 heavy (non-hydrogen) atoms. The molecule has 1 aliphatic heterocycles. The predicted octanol–water partition coefficient (Wildman–Crippen LogP) is 3.30. The molecule has 0 amide bonds. The number of hydrogen-bond acceptors (Lipinski definition) is 4. The zero-order chi connectivity index (χ0) is 14.5. The van der Waals surface area contributed by atoms with Crippen LogP contribution in [0, 0.1) is 5.92 Å². The Morgan fingerprint density at radius 3 is 2.86 bits per heavy atom. The van der Waals surface area contributed by atoms with Gasteiger partial charge < -0.3 is 15.0 Å². The Hall–Kier alpha value is -1.29. The maximum Gasteiger partial charge on any atom is 0.128 e. The molecule has 2 heterocycles. The van der Waals surface area contributed by atoms with Crippen LogP contribution < -0.4 is 10.2 Å². The quantitative estimate of drug-likeness (QED) is 0.923. The minimum absolute atomic E-state index is 0.625. The molecule has 0 aromatic carbocycles. The van der Waals surface area contributed by atoms with Gasteiger partial charge in [0.05, 0.1) is 25.1 Å². The van der Waals surface area contributed by atoms with Gasteiger partial charge in [-0.3, -0.25) is 0 Å². The van der Waals surface area contributed by atoms with E-state index in [1.807, 2.05) is 6.20 Å². The van der Waals surface area contributed by atoms with Crippen LogP contribution in [0.3, 0.4) is 0 Å². The van der Waals surface area contributed by atoms with Crippen LogP contribution in [0.5, 0.6) is 0 Å². The summed E-state index contributed by atoms with van der Waals surface area (Å²) in [5, 5.41) is 3.67. The van der Waals surface area contributed by atoms with Crippen molar-refractivity contribution < 1.29 is 4.74 Å². The summed E-state index contributed by atoms with van der Waals surface area (Å²) < 4.78 is 5.38. The molecular formula is C17H27N3O. The van der Waals surface area contributed by atoms with E-state index in [9.17, 15) is 0 Å². The fourth-order valence-corrected chi connectivity index (χ4v) is 3.48. The van der Waals surface area contributed by atoms with E-state index < -0.39 is 0 Å². The summed E-state index contributed by atoms with van der Waals surface area (Å²) in [6, 6.07) is 4.93. The van der Waals surface area contributed by atoms with E-state index in [0.717, 1.165) is 43.7 Å². The molecule has 0 spiro atoms. The number of hydrogen-bond donors (Lipinski definition) is 1. The third-order valence-electron chi connectivity index (χ3n) is 4.81.